The van der Waals surface area contributed by atoms with Crippen molar-refractivity contribution in [2.75, 3.05) is 5.32 Å². The van der Waals surface area contributed by atoms with Crippen LogP contribution in [0.3, 0.4) is 0 Å². The minimum Gasteiger partial charge on any atom is -0.467 e. The highest BCUT2D eigenvalue weighted by atomic mass is 35.5. The van der Waals surface area contributed by atoms with Crippen molar-refractivity contribution in [2.24, 2.45) is 0 Å². The first kappa shape index (κ1) is 14.0. The fraction of sp³-hybridized carbons (Fsp3) is 0.188. The molecule has 1 atom stereocenters. The Hall–Kier alpha value is -2.60. The van der Waals surface area contributed by atoms with E-state index < -0.39 is 0 Å². The van der Waals surface area contributed by atoms with Gasteiger partial charge in [0, 0.05) is 30.3 Å². The molecule has 0 saturated heterocycles. The van der Waals surface area contributed by atoms with Gasteiger partial charge >= 0.3 is 0 Å². The van der Waals surface area contributed by atoms with Crippen LogP contribution in [0, 0.1) is 0 Å². The van der Waals surface area contributed by atoms with E-state index in [2.05, 4.69) is 15.4 Å². The number of nitrogens with zero attached hydrogens (tertiary/aromatic N) is 3. The summed E-state index contributed by atoms with van der Waals surface area (Å²) in [6.07, 6.45) is 7.00. The highest BCUT2D eigenvalue weighted by molar-refractivity contribution is 6.31. The van der Waals surface area contributed by atoms with Gasteiger partial charge in [-0.25, -0.2) is 4.68 Å². The minimum absolute atomic E-state index is 0.0587. The second-order valence-electron chi connectivity index (χ2n) is 5.39. The quantitative estimate of drug-likeness (QED) is 0.802. The molecule has 0 radical (unpaired) electrons. The predicted octanol–water partition coefficient (Wildman–Crippen LogP) is 3.05. The van der Waals surface area contributed by atoms with Crippen LogP contribution in [0.25, 0.3) is 0 Å². The van der Waals surface area contributed by atoms with Gasteiger partial charge in [-0.2, -0.15) is 5.10 Å². The first-order valence-electron chi connectivity index (χ1n) is 7.19. The lowest BCUT2D eigenvalue weighted by Crippen LogP contribution is -2.25. The van der Waals surface area contributed by atoms with Gasteiger partial charge in [-0.05, 0) is 23.8 Å². The van der Waals surface area contributed by atoms with Crippen LogP contribution < -0.4 is 5.32 Å². The lowest BCUT2D eigenvalue weighted by Gasteiger charge is -2.24. The summed E-state index contributed by atoms with van der Waals surface area (Å²) in [6.45, 7) is 0.458. The van der Waals surface area contributed by atoms with Crippen molar-refractivity contribution in [3.8, 4) is 0 Å². The van der Waals surface area contributed by atoms with Crippen LogP contribution in [0.2, 0.25) is 5.02 Å². The van der Waals surface area contributed by atoms with E-state index in [0.29, 0.717) is 23.8 Å². The number of carbonyl (C=O) groups is 1. The summed E-state index contributed by atoms with van der Waals surface area (Å²) in [6, 6.07) is 5.54. The standard InChI is InChI=1S/C16H13ClN4O2/c17-14-8-18-4-3-11(14)12-6-15(22)20-16-13(12)7-19-21(16)9-10-2-1-5-23-10/h1-5,7-8,12H,6,9H2,(H,20,22). The third-order valence-corrected chi connectivity index (χ3v) is 4.27. The zero-order valence-electron chi connectivity index (χ0n) is 12.1. The Labute approximate surface area is 137 Å². The van der Waals surface area contributed by atoms with Gasteiger partial charge in [0.1, 0.15) is 18.1 Å². The van der Waals surface area contributed by atoms with Crippen molar-refractivity contribution in [1.29, 1.82) is 0 Å². The van der Waals surface area contributed by atoms with Gasteiger partial charge < -0.3 is 9.73 Å². The van der Waals surface area contributed by atoms with Gasteiger partial charge in [-0.15, -0.1) is 0 Å². The SMILES string of the molecule is O=C1CC(c2ccncc2Cl)c2cnn(Cc3ccco3)c2N1. The molecule has 0 aliphatic carbocycles. The summed E-state index contributed by atoms with van der Waals surface area (Å²) in [5.41, 5.74) is 1.83. The second kappa shape index (κ2) is 5.55. The van der Waals surface area contributed by atoms with Gasteiger partial charge in [0.15, 0.2) is 0 Å². The van der Waals surface area contributed by atoms with Crippen LogP contribution >= 0.6 is 11.6 Å². The third kappa shape index (κ3) is 2.51. The van der Waals surface area contributed by atoms with E-state index in [-0.39, 0.29) is 11.8 Å². The molecule has 4 rings (SSSR count). The minimum atomic E-state index is -0.125. The van der Waals surface area contributed by atoms with Crippen LogP contribution in [0.4, 0.5) is 5.82 Å². The van der Waals surface area contributed by atoms with Gasteiger partial charge in [0.05, 0.1) is 17.5 Å². The normalized spacial score (nSPS) is 16.9. The van der Waals surface area contributed by atoms with Gasteiger partial charge in [0.25, 0.3) is 0 Å². The zero-order chi connectivity index (χ0) is 15.8. The van der Waals surface area contributed by atoms with Gasteiger partial charge in [-0.1, -0.05) is 11.6 Å². The van der Waals surface area contributed by atoms with E-state index in [4.69, 9.17) is 16.0 Å². The van der Waals surface area contributed by atoms with Gasteiger partial charge in [0.2, 0.25) is 5.91 Å². The van der Waals surface area contributed by atoms with Gasteiger partial charge in [-0.3, -0.25) is 9.78 Å². The van der Waals surface area contributed by atoms with Crippen LogP contribution in [0.5, 0.6) is 0 Å². The molecule has 0 bridgehead atoms. The number of hydrogen-bond donors (Lipinski definition) is 1. The monoisotopic (exact) mass is 328 g/mol. The Morgan fingerprint density at radius 3 is 3.04 bits per heavy atom. The Bertz CT molecular complexity index is 857. The van der Waals surface area contributed by atoms with E-state index in [1.54, 1.807) is 29.5 Å². The van der Waals surface area contributed by atoms with E-state index >= 15 is 0 Å². The van der Waals surface area contributed by atoms with Crippen molar-refractivity contribution >= 4 is 23.3 Å². The topological polar surface area (TPSA) is 73.0 Å². The predicted molar refractivity (Wildman–Crippen MR) is 84.4 cm³/mol. The number of rotatable bonds is 3. The zero-order valence-corrected chi connectivity index (χ0v) is 12.8. The first-order valence-corrected chi connectivity index (χ1v) is 7.57. The second-order valence-corrected chi connectivity index (χ2v) is 5.79. The molecular formula is C16H13ClN4O2. The molecule has 0 fully saturated rings. The molecule has 0 aromatic carbocycles. The average Bonchev–Trinajstić information content (AvgIpc) is 3.18. The maximum Gasteiger partial charge on any atom is 0.226 e. The fourth-order valence-electron chi connectivity index (χ4n) is 2.89. The summed E-state index contributed by atoms with van der Waals surface area (Å²) < 4.78 is 7.08. The lowest BCUT2D eigenvalue weighted by atomic mass is 9.88. The van der Waals surface area contributed by atoms with Crippen molar-refractivity contribution in [3.63, 3.8) is 0 Å². The maximum atomic E-state index is 12.1. The number of nitrogens with one attached hydrogen (secondary N) is 1. The Morgan fingerprint density at radius 2 is 2.26 bits per heavy atom. The molecule has 6 nitrogen and oxygen atoms in total. The summed E-state index contributed by atoms with van der Waals surface area (Å²) >= 11 is 6.26. The number of aromatic nitrogens is 3. The Balaban J connectivity index is 1.75. The molecule has 4 heterocycles. The summed E-state index contributed by atoms with van der Waals surface area (Å²) in [7, 11) is 0. The molecule has 1 unspecified atom stereocenters. The third-order valence-electron chi connectivity index (χ3n) is 3.96. The highest BCUT2D eigenvalue weighted by Gasteiger charge is 2.31. The molecule has 0 spiro atoms. The largest absolute Gasteiger partial charge is 0.467 e. The number of carbonyl (C=O) groups excluding carboxylic acids is 1. The molecule has 0 saturated carbocycles. The fourth-order valence-corrected chi connectivity index (χ4v) is 3.14. The molecule has 3 aromatic rings. The highest BCUT2D eigenvalue weighted by Crippen LogP contribution is 2.39. The maximum absolute atomic E-state index is 12.1. The van der Waals surface area contributed by atoms with E-state index in [9.17, 15) is 4.79 Å². The number of amides is 1. The first-order chi connectivity index (χ1) is 11.2. The average molecular weight is 329 g/mol. The van der Waals surface area contributed by atoms with Crippen molar-refractivity contribution in [2.45, 2.75) is 18.9 Å². The summed E-state index contributed by atoms with van der Waals surface area (Å²) in [5, 5.41) is 7.85. The summed E-state index contributed by atoms with van der Waals surface area (Å²) in [4.78, 5) is 16.1. The smallest absolute Gasteiger partial charge is 0.226 e. The van der Waals surface area contributed by atoms with Crippen molar-refractivity contribution in [1.82, 2.24) is 14.8 Å². The number of fused-ring (bicyclic) bond motifs is 1. The molecule has 7 heteroatoms. The van der Waals surface area contributed by atoms with Crippen LogP contribution in [-0.4, -0.2) is 20.7 Å². The van der Waals surface area contributed by atoms with E-state index in [0.717, 1.165) is 16.9 Å². The summed E-state index contributed by atoms with van der Waals surface area (Å²) in [5.74, 6) is 1.28. The Morgan fingerprint density at radius 1 is 1.35 bits per heavy atom. The van der Waals surface area contributed by atoms with E-state index in [1.807, 2.05) is 18.2 Å². The molecule has 1 N–H and O–H groups in total. The number of hydrogen-bond acceptors (Lipinski definition) is 4. The molecule has 23 heavy (non-hydrogen) atoms. The van der Waals surface area contributed by atoms with Crippen LogP contribution in [0.1, 0.15) is 29.2 Å². The number of halogens is 1. The van der Waals surface area contributed by atoms with Crippen LogP contribution in [-0.2, 0) is 11.3 Å². The number of anilines is 1. The van der Waals surface area contributed by atoms with E-state index in [1.165, 1.54) is 0 Å². The van der Waals surface area contributed by atoms with Crippen molar-refractivity contribution < 1.29 is 9.21 Å². The molecule has 1 aliphatic rings. The lowest BCUT2D eigenvalue weighted by molar-refractivity contribution is -0.116. The van der Waals surface area contributed by atoms with Crippen molar-refractivity contribution in [3.05, 3.63) is 65.0 Å². The molecule has 1 aliphatic heterocycles. The molecule has 1 amide bonds. The molecule has 3 aromatic heterocycles. The molecular weight excluding hydrogens is 316 g/mol. The number of pyridine rings is 1. The number of furan rings is 1. The Kier molecular flexibility index (Phi) is 3.38. The molecule has 116 valence electrons. The van der Waals surface area contributed by atoms with Crippen LogP contribution in [0.15, 0.2) is 47.5 Å².